The lowest BCUT2D eigenvalue weighted by Gasteiger charge is -2.37. The molecule has 2 saturated heterocycles. The number of nitrogens with one attached hydrogen (secondary N) is 1. The molecule has 0 amide bonds. The number of ether oxygens (including phenoxy) is 3. The van der Waals surface area contributed by atoms with Gasteiger partial charge in [-0.05, 0) is 24.3 Å². The molecular weight excluding hydrogens is 350 g/mol. The Hall–Kier alpha value is -2.78. The second kappa shape index (κ2) is 7.45. The molecule has 0 saturated carbocycles. The Bertz CT molecular complexity index is 798. The molecule has 0 bridgehead atoms. The summed E-state index contributed by atoms with van der Waals surface area (Å²) < 4.78 is 16.2. The van der Waals surface area contributed by atoms with Crippen LogP contribution in [0.3, 0.4) is 0 Å². The summed E-state index contributed by atoms with van der Waals surface area (Å²) in [6.45, 7) is 2.82. The van der Waals surface area contributed by atoms with Gasteiger partial charge in [-0.1, -0.05) is 0 Å². The highest BCUT2D eigenvalue weighted by Gasteiger charge is 2.40. The summed E-state index contributed by atoms with van der Waals surface area (Å²) in [5, 5.41) is 11.4. The molecule has 1 aromatic heterocycles. The normalized spacial score (nSPS) is 18.5. The second-order valence-corrected chi connectivity index (χ2v) is 6.43. The number of piperidine rings is 1. The van der Waals surface area contributed by atoms with Gasteiger partial charge in [0.2, 0.25) is 5.95 Å². The average Bonchev–Trinajstić information content (AvgIpc) is 3.17. The van der Waals surface area contributed by atoms with Crippen molar-refractivity contribution in [3.63, 3.8) is 0 Å². The van der Waals surface area contributed by atoms with Crippen LogP contribution in [0.15, 0.2) is 30.5 Å². The molecule has 4 rings (SSSR count). The van der Waals surface area contributed by atoms with Crippen LogP contribution in [0.4, 0.5) is 17.5 Å². The first-order chi connectivity index (χ1) is 13.2. The third-order valence-corrected chi connectivity index (χ3v) is 4.75. The number of hydrogen-bond acceptors (Lipinski definition) is 9. The van der Waals surface area contributed by atoms with Gasteiger partial charge in [-0.2, -0.15) is 10.1 Å². The smallest absolute Gasteiger partial charge is 0.337 e. The van der Waals surface area contributed by atoms with E-state index in [2.05, 4.69) is 25.4 Å². The molecule has 0 radical (unpaired) electrons. The maximum atomic E-state index is 11.5. The average molecular weight is 371 g/mol. The monoisotopic (exact) mass is 371 g/mol. The summed E-state index contributed by atoms with van der Waals surface area (Å²) in [5.74, 6) is 0.352. The van der Waals surface area contributed by atoms with Crippen LogP contribution < -0.4 is 10.2 Å². The van der Waals surface area contributed by atoms with Gasteiger partial charge in [-0.15, -0.1) is 5.10 Å². The molecule has 9 nitrogen and oxygen atoms in total. The van der Waals surface area contributed by atoms with Crippen molar-refractivity contribution in [3.8, 4) is 0 Å². The van der Waals surface area contributed by atoms with Gasteiger partial charge in [0.15, 0.2) is 11.6 Å². The van der Waals surface area contributed by atoms with Gasteiger partial charge in [-0.25, -0.2) is 4.79 Å². The van der Waals surface area contributed by atoms with Gasteiger partial charge in [-0.3, -0.25) is 0 Å². The zero-order valence-electron chi connectivity index (χ0n) is 15.1. The first kappa shape index (κ1) is 17.6. The fourth-order valence-electron chi connectivity index (χ4n) is 3.28. The van der Waals surface area contributed by atoms with E-state index in [4.69, 9.17) is 14.2 Å². The molecule has 1 spiro atoms. The predicted molar refractivity (Wildman–Crippen MR) is 97.0 cm³/mol. The van der Waals surface area contributed by atoms with Crippen molar-refractivity contribution in [3.05, 3.63) is 36.0 Å². The Morgan fingerprint density at radius 1 is 1.19 bits per heavy atom. The fraction of sp³-hybridized carbons (Fsp3) is 0.444. The lowest BCUT2D eigenvalue weighted by molar-refractivity contribution is -0.169. The minimum absolute atomic E-state index is 0.370. The van der Waals surface area contributed by atoms with Gasteiger partial charge in [0.1, 0.15) is 0 Å². The van der Waals surface area contributed by atoms with Crippen molar-refractivity contribution in [2.45, 2.75) is 18.6 Å². The van der Waals surface area contributed by atoms with Crippen LogP contribution in [0.2, 0.25) is 0 Å². The molecule has 0 aliphatic carbocycles. The molecule has 3 heterocycles. The minimum atomic E-state index is -0.429. The molecule has 0 unspecified atom stereocenters. The Labute approximate surface area is 156 Å². The number of esters is 1. The number of aromatic nitrogens is 3. The molecule has 27 heavy (non-hydrogen) atoms. The summed E-state index contributed by atoms with van der Waals surface area (Å²) in [5.41, 5.74) is 1.28. The quantitative estimate of drug-likeness (QED) is 0.806. The Kier molecular flexibility index (Phi) is 4.87. The van der Waals surface area contributed by atoms with Gasteiger partial charge >= 0.3 is 5.97 Å². The SMILES string of the molecule is COC(=O)c1ccc(Nc2cnnc(N3CCC4(CC3)OCCO4)n2)cc1. The van der Waals surface area contributed by atoms with Crippen molar-refractivity contribution in [2.75, 3.05) is 43.6 Å². The third kappa shape index (κ3) is 3.83. The topological polar surface area (TPSA) is 98.7 Å². The molecule has 142 valence electrons. The highest BCUT2D eigenvalue weighted by atomic mass is 16.7. The van der Waals surface area contributed by atoms with E-state index >= 15 is 0 Å². The number of hydrogen-bond donors (Lipinski definition) is 1. The summed E-state index contributed by atoms with van der Waals surface area (Å²) in [4.78, 5) is 18.1. The standard InChI is InChI=1S/C18H21N5O4/c1-25-16(24)13-2-4-14(5-3-13)20-15-12-19-22-17(21-15)23-8-6-18(7-9-23)26-10-11-27-18/h2-5,12H,6-11H2,1H3,(H,20,21,22). The van der Waals surface area contributed by atoms with Gasteiger partial charge in [0.25, 0.3) is 0 Å². The molecule has 2 aromatic rings. The number of nitrogens with zero attached hydrogens (tertiary/aromatic N) is 4. The zero-order valence-corrected chi connectivity index (χ0v) is 15.1. The minimum Gasteiger partial charge on any atom is -0.465 e. The number of benzene rings is 1. The maximum Gasteiger partial charge on any atom is 0.337 e. The third-order valence-electron chi connectivity index (χ3n) is 4.75. The van der Waals surface area contributed by atoms with Crippen molar-refractivity contribution in [2.24, 2.45) is 0 Å². The number of rotatable bonds is 4. The number of carbonyl (C=O) groups excluding carboxylic acids is 1. The maximum absolute atomic E-state index is 11.5. The molecule has 9 heteroatoms. The molecule has 0 atom stereocenters. The second-order valence-electron chi connectivity index (χ2n) is 6.43. The molecular formula is C18H21N5O4. The van der Waals surface area contributed by atoms with Crippen LogP contribution in [-0.2, 0) is 14.2 Å². The molecule has 1 aromatic carbocycles. The van der Waals surface area contributed by atoms with Gasteiger partial charge < -0.3 is 24.4 Å². The number of anilines is 3. The van der Waals surface area contributed by atoms with E-state index in [1.165, 1.54) is 7.11 Å². The van der Waals surface area contributed by atoms with Gasteiger partial charge in [0.05, 0.1) is 32.1 Å². The van der Waals surface area contributed by atoms with E-state index in [-0.39, 0.29) is 5.97 Å². The van der Waals surface area contributed by atoms with Crippen LogP contribution in [0.5, 0.6) is 0 Å². The fourth-order valence-corrected chi connectivity index (χ4v) is 3.28. The van der Waals surface area contributed by atoms with Crippen LogP contribution in [0.1, 0.15) is 23.2 Å². The van der Waals surface area contributed by atoms with Crippen molar-refractivity contribution < 1.29 is 19.0 Å². The Morgan fingerprint density at radius 2 is 1.89 bits per heavy atom. The lowest BCUT2D eigenvalue weighted by Crippen LogP contribution is -2.45. The zero-order chi connectivity index (χ0) is 18.7. The molecule has 2 aliphatic heterocycles. The summed E-state index contributed by atoms with van der Waals surface area (Å²) in [7, 11) is 1.36. The van der Waals surface area contributed by atoms with Crippen LogP contribution >= 0.6 is 0 Å². The van der Waals surface area contributed by atoms with Crippen LogP contribution in [0, 0.1) is 0 Å². The first-order valence-electron chi connectivity index (χ1n) is 8.85. The number of carbonyl (C=O) groups is 1. The summed E-state index contributed by atoms with van der Waals surface area (Å²) in [6, 6.07) is 6.95. The predicted octanol–water partition coefficient (Wildman–Crippen LogP) is 1.75. The lowest BCUT2D eigenvalue weighted by atomic mass is 10.0. The van der Waals surface area contributed by atoms with Crippen molar-refractivity contribution >= 4 is 23.4 Å². The Balaban J connectivity index is 1.41. The molecule has 2 fully saturated rings. The van der Waals surface area contributed by atoms with E-state index in [0.717, 1.165) is 31.6 Å². The highest BCUT2D eigenvalue weighted by molar-refractivity contribution is 5.89. The molecule has 1 N–H and O–H groups in total. The van der Waals surface area contributed by atoms with Crippen molar-refractivity contribution in [1.29, 1.82) is 0 Å². The van der Waals surface area contributed by atoms with E-state index in [0.29, 0.717) is 30.5 Å². The summed E-state index contributed by atoms with van der Waals surface area (Å²) in [6.07, 6.45) is 3.12. The van der Waals surface area contributed by atoms with Gasteiger partial charge in [0, 0.05) is 31.6 Å². The first-order valence-corrected chi connectivity index (χ1v) is 8.85. The van der Waals surface area contributed by atoms with E-state index in [1.807, 2.05) is 0 Å². The summed E-state index contributed by atoms with van der Waals surface area (Å²) >= 11 is 0. The molecule has 2 aliphatic rings. The van der Waals surface area contributed by atoms with E-state index < -0.39 is 5.79 Å². The Morgan fingerprint density at radius 3 is 2.56 bits per heavy atom. The number of methoxy groups -OCH3 is 1. The van der Waals surface area contributed by atoms with Crippen molar-refractivity contribution in [1.82, 2.24) is 15.2 Å². The highest BCUT2D eigenvalue weighted by Crippen LogP contribution is 2.32. The van der Waals surface area contributed by atoms with E-state index in [1.54, 1.807) is 30.5 Å². The van der Waals surface area contributed by atoms with Crippen LogP contribution in [0.25, 0.3) is 0 Å². The largest absolute Gasteiger partial charge is 0.465 e. The van der Waals surface area contributed by atoms with E-state index in [9.17, 15) is 4.79 Å². The van der Waals surface area contributed by atoms with Crippen LogP contribution in [-0.4, -0.2) is 60.4 Å².